The number of benzene rings is 6. The van der Waals surface area contributed by atoms with E-state index in [1.165, 1.54) is 0 Å². The van der Waals surface area contributed by atoms with Crippen LogP contribution in [0.15, 0.2) is 148 Å². The number of fused-ring (bicyclic) bond motifs is 6. The first-order valence-electron chi connectivity index (χ1n) is 17.5. The summed E-state index contributed by atoms with van der Waals surface area (Å²) in [5.41, 5.74) is 4.17. The van der Waals surface area contributed by atoms with Gasteiger partial charge >= 0.3 is 0 Å². The van der Waals surface area contributed by atoms with Gasteiger partial charge in [0, 0.05) is 38.2 Å². The standard InChI is InChI=1S/C39H23N3O2/c1-2-8-24(9-3-1)25-14-16-26(17-15-25)37-40-38(27-19-21-35-32(22-27)30-11-5-7-13-34(30)43-35)42-39(41-37)28-18-20-31-29-10-4-6-12-33(29)44-36(31)23-28/h1-23H/i5D,7D,11D,13D,19D,21D,22D. The summed E-state index contributed by atoms with van der Waals surface area (Å²) in [4.78, 5) is 14.4. The summed E-state index contributed by atoms with van der Waals surface area (Å²) in [6, 6.07) is 28.0. The molecule has 0 fully saturated rings. The highest BCUT2D eigenvalue weighted by molar-refractivity contribution is 6.07. The van der Waals surface area contributed by atoms with E-state index in [9.17, 15) is 1.37 Å². The third-order valence-electron chi connectivity index (χ3n) is 7.63. The maximum absolute atomic E-state index is 9.32. The lowest BCUT2D eigenvalue weighted by Gasteiger charge is -2.09. The molecule has 0 saturated heterocycles. The van der Waals surface area contributed by atoms with Gasteiger partial charge in [-0.3, -0.25) is 0 Å². The lowest BCUT2D eigenvalue weighted by Crippen LogP contribution is -2.00. The van der Waals surface area contributed by atoms with Gasteiger partial charge in [0.25, 0.3) is 0 Å². The first kappa shape index (κ1) is 18.5. The molecule has 0 aliphatic heterocycles. The molecule has 5 nitrogen and oxygen atoms in total. The van der Waals surface area contributed by atoms with Crippen molar-refractivity contribution in [2.75, 3.05) is 0 Å². The summed E-state index contributed by atoms with van der Waals surface area (Å²) in [6.45, 7) is 0. The van der Waals surface area contributed by atoms with Gasteiger partial charge in [0.2, 0.25) is 0 Å². The summed E-state index contributed by atoms with van der Waals surface area (Å²) in [5.74, 6) is 0.463. The molecule has 0 amide bonds. The van der Waals surface area contributed by atoms with Crippen molar-refractivity contribution in [3.63, 3.8) is 0 Å². The number of aromatic nitrogens is 3. The zero-order chi connectivity index (χ0) is 35.1. The first-order chi connectivity index (χ1) is 24.7. The molecule has 3 heterocycles. The molecular weight excluding hydrogens is 542 g/mol. The van der Waals surface area contributed by atoms with E-state index in [1.807, 2.05) is 97.1 Å². The molecule has 3 aromatic heterocycles. The van der Waals surface area contributed by atoms with E-state index in [1.54, 1.807) is 0 Å². The van der Waals surface area contributed by atoms with E-state index in [0.717, 1.165) is 27.5 Å². The van der Waals surface area contributed by atoms with Gasteiger partial charge in [-0.15, -0.1) is 0 Å². The fourth-order valence-corrected chi connectivity index (χ4v) is 5.47. The molecule has 9 rings (SSSR count). The lowest BCUT2D eigenvalue weighted by atomic mass is 10.0. The van der Waals surface area contributed by atoms with Crippen LogP contribution in [-0.4, -0.2) is 15.0 Å². The highest BCUT2D eigenvalue weighted by atomic mass is 16.3. The van der Waals surface area contributed by atoms with E-state index in [-0.39, 0.29) is 51.0 Å². The summed E-state index contributed by atoms with van der Waals surface area (Å²) < 4.78 is 72.5. The average molecular weight is 573 g/mol. The molecule has 0 N–H and O–H groups in total. The summed E-state index contributed by atoms with van der Waals surface area (Å²) in [6.07, 6.45) is 0. The Bertz CT molecular complexity index is 2890. The van der Waals surface area contributed by atoms with Crippen molar-refractivity contribution in [2.45, 2.75) is 0 Å². The Morgan fingerprint density at radius 2 is 1.02 bits per heavy atom. The van der Waals surface area contributed by atoms with E-state index in [2.05, 4.69) is 0 Å². The van der Waals surface area contributed by atoms with Crippen molar-refractivity contribution in [3.8, 4) is 45.3 Å². The number of furan rings is 2. The zero-order valence-electron chi connectivity index (χ0n) is 29.9. The maximum atomic E-state index is 9.32. The second-order valence-corrected chi connectivity index (χ2v) is 10.3. The normalized spacial score (nSPS) is 13.9. The van der Waals surface area contributed by atoms with E-state index in [0.29, 0.717) is 16.7 Å². The molecule has 0 atom stereocenters. The Hall–Kier alpha value is -6.07. The lowest BCUT2D eigenvalue weighted by molar-refractivity contribution is 0.668. The second kappa shape index (κ2) is 9.75. The van der Waals surface area contributed by atoms with Gasteiger partial charge in [-0.05, 0) is 53.5 Å². The molecule has 0 bridgehead atoms. The molecule has 44 heavy (non-hydrogen) atoms. The molecule has 5 heteroatoms. The van der Waals surface area contributed by atoms with Crippen LogP contribution >= 0.6 is 0 Å². The molecule has 0 radical (unpaired) electrons. The van der Waals surface area contributed by atoms with Crippen LogP contribution in [0.4, 0.5) is 0 Å². The predicted molar refractivity (Wildman–Crippen MR) is 176 cm³/mol. The van der Waals surface area contributed by atoms with Crippen LogP contribution in [0.2, 0.25) is 0 Å². The van der Waals surface area contributed by atoms with E-state index in [4.69, 9.17) is 32.0 Å². The minimum absolute atomic E-state index is 0.0209. The highest BCUT2D eigenvalue weighted by Gasteiger charge is 2.16. The monoisotopic (exact) mass is 572 g/mol. The van der Waals surface area contributed by atoms with Crippen molar-refractivity contribution in [2.24, 2.45) is 0 Å². The molecule has 206 valence electrons. The average Bonchev–Trinajstić information content (AvgIpc) is 3.75. The summed E-state index contributed by atoms with van der Waals surface area (Å²) in [5, 5.41) is 1.82. The molecule has 0 aliphatic carbocycles. The maximum Gasteiger partial charge on any atom is 0.164 e. The van der Waals surface area contributed by atoms with Gasteiger partial charge in [-0.1, -0.05) is 97.0 Å². The molecule has 0 saturated carbocycles. The van der Waals surface area contributed by atoms with Crippen LogP contribution in [0.3, 0.4) is 0 Å². The fourth-order valence-electron chi connectivity index (χ4n) is 5.47. The Balaban J connectivity index is 1.30. The van der Waals surface area contributed by atoms with Crippen molar-refractivity contribution >= 4 is 43.9 Å². The SMILES string of the molecule is [2H]c1c([2H])c([2H])c2c(oc3c([2H])c([2H])c(-c4nc(-c5ccc(-c6ccccc6)cc5)nc(-c5ccc6c(c5)oc5ccccc56)n4)c([2H])c32)c1[2H]. The first-order valence-corrected chi connectivity index (χ1v) is 14.0. The van der Waals surface area contributed by atoms with Crippen LogP contribution in [0.1, 0.15) is 9.60 Å². The van der Waals surface area contributed by atoms with Gasteiger partial charge in [0.1, 0.15) is 22.3 Å². The smallest absolute Gasteiger partial charge is 0.164 e. The van der Waals surface area contributed by atoms with Gasteiger partial charge in [0.15, 0.2) is 17.5 Å². The quantitative estimate of drug-likeness (QED) is 0.210. The van der Waals surface area contributed by atoms with Crippen LogP contribution in [-0.2, 0) is 0 Å². The van der Waals surface area contributed by atoms with E-state index < -0.39 is 36.3 Å². The minimum Gasteiger partial charge on any atom is -0.456 e. The van der Waals surface area contributed by atoms with Gasteiger partial charge < -0.3 is 8.83 Å². The highest BCUT2D eigenvalue weighted by Crippen LogP contribution is 2.35. The van der Waals surface area contributed by atoms with Crippen molar-refractivity contribution in [1.82, 2.24) is 15.0 Å². The molecular formula is C39H23N3O2. The van der Waals surface area contributed by atoms with Crippen LogP contribution in [0, 0.1) is 0 Å². The fraction of sp³-hybridized carbons (Fsp3) is 0. The van der Waals surface area contributed by atoms with Crippen molar-refractivity contribution in [1.29, 1.82) is 0 Å². The molecule has 0 aliphatic rings. The topological polar surface area (TPSA) is 65.0 Å². The van der Waals surface area contributed by atoms with Crippen LogP contribution < -0.4 is 0 Å². The Kier molecular flexibility index (Phi) is 4.09. The minimum atomic E-state index is -0.498. The number of rotatable bonds is 4. The molecule has 9 aromatic rings. The van der Waals surface area contributed by atoms with Gasteiger partial charge in [-0.2, -0.15) is 0 Å². The van der Waals surface area contributed by atoms with Crippen LogP contribution in [0.5, 0.6) is 0 Å². The Morgan fingerprint density at radius 3 is 1.89 bits per heavy atom. The third-order valence-corrected chi connectivity index (χ3v) is 7.63. The predicted octanol–water partition coefficient (Wildman–Crippen LogP) is 10.3. The number of para-hydroxylation sites is 2. The molecule has 0 unspecified atom stereocenters. The third kappa shape index (κ3) is 4.06. The zero-order valence-corrected chi connectivity index (χ0v) is 22.9. The van der Waals surface area contributed by atoms with Crippen LogP contribution in [0.25, 0.3) is 89.2 Å². The van der Waals surface area contributed by atoms with Gasteiger partial charge in [-0.25, -0.2) is 15.0 Å². The van der Waals surface area contributed by atoms with Crippen molar-refractivity contribution < 1.29 is 18.4 Å². The van der Waals surface area contributed by atoms with Crippen molar-refractivity contribution in [3.05, 3.63) is 139 Å². The summed E-state index contributed by atoms with van der Waals surface area (Å²) >= 11 is 0. The Morgan fingerprint density at radius 1 is 0.409 bits per heavy atom. The summed E-state index contributed by atoms with van der Waals surface area (Å²) in [7, 11) is 0. The van der Waals surface area contributed by atoms with E-state index >= 15 is 0 Å². The van der Waals surface area contributed by atoms with Gasteiger partial charge in [0.05, 0.1) is 9.60 Å². The number of hydrogen-bond donors (Lipinski definition) is 0. The second-order valence-electron chi connectivity index (χ2n) is 10.3. The number of hydrogen-bond acceptors (Lipinski definition) is 5. The molecule has 0 spiro atoms. The largest absolute Gasteiger partial charge is 0.456 e. The Labute approximate surface area is 261 Å². The number of nitrogens with zero attached hydrogens (tertiary/aromatic N) is 3. The molecule has 6 aromatic carbocycles.